The number of ether oxygens (including phenoxy) is 2. The van der Waals surface area contributed by atoms with Gasteiger partial charge in [0, 0.05) is 32.2 Å². The average Bonchev–Trinajstić information content (AvgIpc) is 3.00. The van der Waals surface area contributed by atoms with Crippen molar-refractivity contribution in [3.05, 3.63) is 83.4 Å². The van der Waals surface area contributed by atoms with E-state index in [-0.39, 0.29) is 12.0 Å². The number of nitrogens with zero attached hydrogens (tertiary/aromatic N) is 4. The van der Waals surface area contributed by atoms with Crippen molar-refractivity contribution in [2.45, 2.75) is 63.3 Å². The first-order valence-corrected chi connectivity index (χ1v) is 14.0. The molecule has 2 heterocycles. The number of hydrogen-bond donors (Lipinski definition) is 1. The van der Waals surface area contributed by atoms with Gasteiger partial charge in [0.1, 0.15) is 6.26 Å². The molecular formula is C31H38N4O3. The van der Waals surface area contributed by atoms with Crippen LogP contribution in [0.2, 0.25) is 0 Å². The highest BCUT2D eigenvalue weighted by Gasteiger charge is 2.33. The van der Waals surface area contributed by atoms with E-state index < -0.39 is 0 Å². The molecule has 0 amide bonds. The second-order valence-corrected chi connectivity index (χ2v) is 10.6. The van der Waals surface area contributed by atoms with E-state index in [4.69, 9.17) is 9.47 Å². The Labute approximate surface area is 226 Å². The second-order valence-electron chi connectivity index (χ2n) is 10.6. The third-order valence-corrected chi connectivity index (χ3v) is 8.43. The van der Waals surface area contributed by atoms with Crippen molar-refractivity contribution in [3.63, 3.8) is 0 Å². The molecule has 1 saturated carbocycles. The number of nitriles is 1. The van der Waals surface area contributed by atoms with E-state index in [0.29, 0.717) is 5.92 Å². The normalized spacial score (nSPS) is 22.5. The molecule has 0 bridgehead atoms. The highest BCUT2D eigenvalue weighted by atomic mass is 16.6. The fourth-order valence-corrected chi connectivity index (χ4v) is 6.34. The highest BCUT2D eigenvalue weighted by Crippen LogP contribution is 2.40. The van der Waals surface area contributed by atoms with Crippen molar-refractivity contribution in [1.82, 2.24) is 9.80 Å². The van der Waals surface area contributed by atoms with Crippen molar-refractivity contribution in [1.29, 1.82) is 5.26 Å². The maximum Gasteiger partial charge on any atom is 0.231 e. The van der Waals surface area contributed by atoms with Crippen LogP contribution in [0.3, 0.4) is 0 Å². The van der Waals surface area contributed by atoms with Gasteiger partial charge in [-0.05, 0) is 61.1 Å². The van der Waals surface area contributed by atoms with E-state index >= 15 is 0 Å². The van der Waals surface area contributed by atoms with E-state index in [0.717, 1.165) is 73.8 Å². The van der Waals surface area contributed by atoms with Gasteiger partial charge in [0.05, 0.1) is 17.8 Å². The fourth-order valence-electron chi connectivity index (χ4n) is 6.34. The first-order chi connectivity index (χ1) is 18.8. The van der Waals surface area contributed by atoms with E-state index in [1.807, 2.05) is 18.2 Å². The molecule has 0 radical (unpaired) electrons. The summed E-state index contributed by atoms with van der Waals surface area (Å²) in [6, 6.07) is 10.5. The largest absolute Gasteiger partial charge is 0.456 e. The molecule has 1 N–H and O–H groups in total. The minimum absolute atomic E-state index is 0.00359. The minimum atomic E-state index is -0.00359. The number of piperazine rings is 1. The molecule has 0 aromatic heterocycles. The summed E-state index contributed by atoms with van der Waals surface area (Å²) < 4.78 is 11.9. The summed E-state index contributed by atoms with van der Waals surface area (Å²) in [6.07, 6.45) is 20.4. The standard InChI is InChI=1S/C31H38N4O3/c32-20-26-13-7-8-14-28(26)29(24-9-3-1-4-10-24)19-27(21-33-36)34-15-17-35(18-16-34)31-23-37-30(22-38-31)25-11-5-2-6-12-25/h2,5,7-8,11,13-14,21-24,27,29,36H,1,3-4,6,9-10,12,15-19H2. The maximum atomic E-state index is 9.83. The zero-order chi connectivity index (χ0) is 26.2. The Bertz CT molecular complexity index is 1150. The summed E-state index contributed by atoms with van der Waals surface area (Å²) in [7, 11) is 0. The summed E-state index contributed by atoms with van der Waals surface area (Å²) in [6.45, 7) is 3.23. The molecule has 2 unspecified atom stereocenters. The molecule has 1 aromatic rings. The Morgan fingerprint density at radius 1 is 1.08 bits per heavy atom. The van der Waals surface area contributed by atoms with Crippen LogP contribution >= 0.6 is 0 Å². The Morgan fingerprint density at radius 2 is 1.89 bits per heavy atom. The summed E-state index contributed by atoms with van der Waals surface area (Å²) >= 11 is 0. The van der Waals surface area contributed by atoms with Crippen molar-refractivity contribution in [2.24, 2.45) is 11.1 Å². The second kappa shape index (κ2) is 12.8. The molecule has 2 aliphatic carbocycles. The van der Waals surface area contributed by atoms with Crippen molar-refractivity contribution in [2.75, 3.05) is 26.2 Å². The molecular weight excluding hydrogens is 476 g/mol. The van der Waals surface area contributed by atoms with Crippen molar-refractivity contribution in [3.8, 4) is 6.07 Å². The van der Waals surface area contributed by atoms with Crippen LogP contribution in [-0.2, 0) is 9.47 Å². The van der Waals surface area contributed by atoms with Gasteiger partial charge >= 0.3 is 0 Å². The molecule has 200 valence electrons. The van der Waals surface area contributed by atoms with Crippen LogP contribution in [0, 0.1) is 17.2 Å². The van der Waals surface area contributed by atoms with Crippen LogP contribution in [0.15, 0.2) is 77.4 Å². The zero-order valence-electron chi connectivity index (χ0n) is 22.0. The average molecular weight is 515 g/mol. The lowest BCUT2D eigenvalue weighted by molar-refractivity contribution is 0.0728. The quantitative estimate of drug-likeness (QED) is 0.259. The molecule has 2 aliphatic heterocycles. The van der Waals surface area contributed by atoms with Crippen LogP contribution in [0.25, 0.3) is 0 Å². The van der Waals surface area contributed by atoms with Gasteiger partial charge < -0.3 is 19.6 Å². The minimum Gasteiger partial charge on any atom is -0.456 e. The van der Waals surface area contributed by atoms with Gasteiger partial charge in [-0.1, -0.05) is 55.7 Å². The van der Waals surface area contributed by atoms with Crippen molar-refractivity contribution < 1.29 is 14.7 Å². The van der Waals surface area contributed by atoms with Crippen molar-refractivity contribution >= 4 is 6.21 Å². The van der Waals surface area contributed by atoms with E-state index in [9.17, 15) is 10.5 Å². The summed E-state index contributed by atoms with van der Waals surface area (Å²) in [5, 5.41) is 22.9. The number of oxime groups is 1. The number of allylic oxidation sites excluding steroid dienone is 4. The van der Waals surface area contributed by atoms with Crippen LogP contribution in [0.4, 0.5) is 0 Å². The van der Waals surface area contributed by atoms with Crippen LogP contribution in [0.1, 0.15) is 68.4 Å². The molecule has 0 spiro atoms. The van der Waals surface area contributed by atoms with Crippen LogP contribution in [-0.4, -0.2) is 53.4 Å². The Balaban J connectivity index is 1.24. The molecule has 7 nitrogen and oxygen atoms in total. The van der Waals surface area contributed by atoms with E-state index in [1.165, 1.54) is 32.1 Å². The van der Waals surface area contributed by atoms with E-state index in [1.54, 1.807) is 18.7 Å². The molecule has 38 heavy (non-hydrogen) atoms. The SMILES string of the molecule is N#Cc1ccccc1C(CC(C=NO)N1CCN(C2=COC(C3=CC=CCC3)=CO2)CC1)C1CCCCC1. The topological polar surface area (TPSA) is 81.3 Å². The fraction of sp³-hybridized carbons (Fsp3) is 0.484. The summed E-state index contributed by atoms with van der Waals surface area (Å²) in [4.78, 5) is 4.60. The molecule has 5 rings (SSSR count). The van der Waals surface area contributed by atoms with Crippen LogP contribution < -0.4 is 0 Å². The Hall–Kier alpha value is -3.50. The lowest BCUT2D eigenvalue weighted by Crippen LogP contribution is -2.51. The van der Waals surface area contributed by atoms with Gasteiger partial charge in [-0.15, -0.1) is 5.16 Å². The van der Waals surface area contributed by atoms with Gasteiger partial charge in [-0.2, -0.15) is 5.26 Å². The predicted octanol–water partition coefficient (Wildman–Crippen LogP) is 6.02. The third-order valence-electron chi connectivity index (χ3n) is 8.43. The van der Waals surface area contributed by atoms with Gasteiger partial charge in [-0.25, -0.2) is 0 Å². The first kappa shape index (κ1) is 26.1. The summed E-state index contributed by atoms with van der Waals surface area (Å²) in [5.74, 6) is 2.32. The molecule has 7 heteroatoms. The Morgan fingerprint density at radius 3 is 2.58 bits per heavy atom. The van der Waals surface area contributed by atoms with Crippen LogP contribution in [0.5, 0.6) is 0 Å². The number of hydrogen-bond acceptors (Lipinski definition) is 7. The van der Waals surface area contributed by atoms with Gasteiger partial charge in [-0.3, -0.25) is 4.90 Å². The molecule has 2 atom stereocenters. The monoisotopic (exact) mass is 514 g/mol. The molecule has 4 aliphatic rings. The van der Waals surface area contributed by atoms with Gasteiger partial charge in [0.25, 0.3) is 0 Å². The highest BCUT2D eigenvalue weighted by molar-refractivity contribution is 5.64. The first-order valence-electron chi connectivity index (χ1n) is 14.0. The molecule has 1 saturated heterocycles. The third kappa shape index (κ3) is 6.14. The lowest BCUT2D eigenvalue weighted by Gasteiger charge is -2.41. The maximum absolute atomic E-state index is 9.83. The van der Waals surface area contributed by atoms with Gasteiger partial charge in [0.15, 0.2) is 12.0 Å². The predicted molar refractivity (Wildman–Crippen MR) is 147 cm³/mol. The zero-order valence-corrected chi connectivity index (χ0v) is 22.0. The molecule has 2 fully saturated rings. The lowest BCUT2D eigenvalue weighted by atomic mass is 9.73. The Kier molecular flexibility index (Phi) is 8.82. The smallest absolute Gasteiger partial charge is 0.231 e. The summed E-state index contributed by atoms with van der Waals surface area (Å²) in [5.41, 5.74) is 3.06. The van der Waals surface area contributed by atoms with Gasteiger partial charge in [0.2, 0.25) is 5.88 Å². The molecule has 1 aromatic carbocycles. The number of benzene rings is 1. The van der Waals surface area contributed by atoms with E-state index in [2.05, 4.69) is 45.3 Å². The number of rotatable bonds is 8.